The van der Waals surface area contributed by atoms with E-state index in [9.17, 15) is 5.11 Å². The van der Waals surface area contributed by atoms with Crippen molar-refractivity contribution in [2.75, 3.05) is 54.2 Å². The van der Waals surface area contributed by atoms with Crippen LogP contribution in [0.2, 0.25) is 0 Å². The second-order valence-corrected chi connectivity index (χ2v) is 5.71. The first-order chi connectivity index (χ1) is 12.2. The van der Waals surface area contributed by atoms with Crippen LogP contribution in [-0.2, 0) is 16.0 Å². The number of hydrogen-bond donors (Lipinski definition) is 1. The summed E-state index contributed by atoms with van der Waals surface area (Å²) in [7, 11) is 4.95. The third-order valence-corrected chi connectivity index (χ3v) is 3.72. The van der Waals surface area contributed by atoms with Crippen molar-refractivity contribution < 1.29 is 24.1 Å². The van der Waals surface area contributed by atoms with Crippen LogP contribution < -0.4 is 9.47 Å². The average molecular weight is 353 g/mol. The van der Waals surface area contributed by atoms with E-state index in [1.165, 1.54) is 0 Å². The molecule has 1 aromatic rings. The molecule has 0 amide bonds. The molecule has 0 aliphatic heterocycles. The summed E-state index contributed by atoms with van der Waals surface area (Å²) in [5.74, 6) is 1.42. The molecule has 1 atom stereocenters. The molecule has 6 heteroatoms. The summed E-state index contributed by atoms with van der Waals surface area (Å²) >= 11 is 0. The highest BCUT2D eigenvalue weighted by molar-refractivity contribution is 5.46. The normalized spacial score (nSPS) is 12.2. The van der Waals surface area contributed by atoms with Gasteiger partial charge in [0.25, 0.3) is 0 Å². The van der Waals surface area contributed by atoms with Gasteiger partial charge in [-0.25, -0.2) is 0 Å². The number of nitrogens with zero attached hydrogens (tertiary/aromatic N) is 1. The van der Waals surface area contributed by atoms with E-state index in [4.69, 9.17) is 18.9 Å². The van der Waals surface area contributed by atoms with Crippen LogP contribution in [-0.4, -0.2) is 70.3 Å². The van der Waals surface area contributed by atoms with Gasteiger partial charge in [0, 0.05) is 38.9 Å². The van der Waals surface area contributed by atoms with E-state index in [0.29, 0.717) is 32.1 Å². The Kier molecular flexibility index (Phi) is 10.9. The molecular formula is C19H31NO5. The van der Waals surface area contributed by atoms with Crippen molar-refractivity contribution in [3.05, 3.63) is 36.4 Å². The van der Waals surface area contributed by atoms with E-state index in [1.54, 1.807) is 27.4 Å². The van der Waals surface area contributed by atoms with Crippen LogP contribution in [0.5, 0.6) is 11.5 Å². The third-order valence-electron chi connectivity index (χ3n) is 3.72. The average Bonchev–Trinajstić information content (AvgIpc) is 2.61. The van der Waals surface area contributed by atoms with E-state index in [-0.39, 0.29) is 6.61 Å². The Hall–Kier alpha value is -1.60. The van der Waals surface area contributed by atoms with Crippen molar-refractivity contribution in [2.45, 2.75) is 19.1 Å². The van der Waals surface area contributed by atoms with E-state index >= 15 is 0 Å². The van der Waals surface area contributed by atoms with Crippen molar-refractivity contribution in [3.63, 3.8) is 0 Å². The smallest absolute Gasteiger partial charge is 0.165 e. The van der Waals surface area contributed by atoms with Crippen LogP contribution in [0.25, 0.3) is 0 Å². The zero-order valence-corrected chi connectivity index (χ0v) is 15.6. The Morgan fingerprint density at radius 2 is 2.04 bits per heavy atom. The van der Waals surface area contributed by atoms with Gasteiger partial charge in [-0.1, -0.05) is 18.2 Å². The lowest BCUT2D eigenvalue weighted by atomic mass is 10.1. The number of para-hydroxylation sites is 1. The first-order valence-corrected chi connectivity index (χ1v) is 8.44. The maximum atomic E-state index is 10.2. The largest absolute Gasteiger partial charge is 0.493 e. The monoisotopic (exact) mass is 353 g/mol. The first kappa shape index (κ1) is 21.4. The molecule has 1 N–H and O–H groups in total. The zero-order chi connectivity index (χ0) is 18.5. The molecule has 0 spiro atoms. The molecule has 1 rings (SSSR count). The molecule has 142 valence electrons. The summed E-state index contributed by atoms with van der Waals surface area (Å²) in [6.45, 7) is 6.93. The third kappa shape index (κ3) is 7.88. The van der Waals surface area contributed by atoms with E-state index in [0.717, 1.165) is 24.3 Å². The fourth-order valence-corrected chi connectivity index (χ4v) is 2.62. The van der Waals surface area contributed by atoms with Gasteiger partial charge in [0.2, 0.25) is 0 Å². The van der Waals surface area contributed by atoms with Crippen molar-refractivity contribution in [1.29, 1.82) is 0 Å². The molecule has 6 nitrogen and oxygen atoms in total. The van der Waals surface area contributed by atoms with Gasteiger partial charge < -0.3 is 24.1 Å². The Morgan fingerprint density at radius 1 is 1.24 bits per heavy atom. The summed E-state index contributed by atoms with van der Waals surface area (Å²) < 4.78 is 21.3. The van der Waals surface area contributed by atoms with Gasteiger partial charge >= 0.3 is 0 Å². The number of aliphatic hydroxyl groups excluding tert-OH is 1. The number of methoxy groups -OCH3 is 3. The van der Waals surface area contributed by atoms with Gasteiger partial charge in [0.1, 0.15) is 0 Å². The molecule has 0 radical (unpaired) electrons. The van der Waals surface area contributed by atoms with Crippen LogP contribution >= 0.6 is 0 Å². The fraction of sp³-hybridized carbons (Fsp3) is 0.579. The minimum Gasteiger partial charge on any atom is -0.493 e. The van der Waals surface area contributed by atoms with Crippen molar-refractivity contribution >= 4 is 0 Å². The van der Waals surface area contributed by atoms with Crippen LogP contribution in [0.3, 0.4) is 0 Å². The van der Waals surface area contributed by atoms with Crippen LogP contribution in [0, 0.1) is 0 Å². The molecule has 0 saturated carbocycles. The van der Waals surface area contributed by atoms with Crippen molar-refractivity contribution in [1.82, 2.24) is 4.90 Å². The van der Waals surface area contributed by atoms with Gasteiger partial charge in [0.05, 0.1) is 33.5 Å². The summed E-state index contributed by atoms with van der Waals surface area (Å²) in [5, 5.41) is 10.2. The van der Waals surface area contributed by atoms with Crippen LogP contribution in [0.1, 0.15) is 12.0 Å². The fourth-order valence-electron chi connectivity index (χ4n) is 2.62. The van der Waals surface area contributed by atoms with Crippen LogP contribution in [0.15, 0.2) is 30.9 Å². The van der Waals surface area contributed by atoms with E-state index in [1.807, 2.05) is 18.2 Å². The molecule has 0 aromatic heterocycles. The van der Waals surface area contributed by atoms with Gasteiger partial charge in [-0.15, -0.1) is 6.58 Å². The number of rotatable bonds is 14. The molecule has 0 aliphatic carbocycles. The van der Waals surface area contributed by atoms with Gasteiger partial charge in [0.15, 0.2) is 11.5 Å². The highest BCUT2D eigenvalue weighted by atomic mass is 16.5. The minimum atomic E-state index is -0.570. The Bertz CT molecular complexity index is 495. The van der Waals surface area contributed by atoms with Gasteiger partial charge in [-0.3, -0.25) is 4.90 Å². The number of aliphatic hydroxyl groups is 1. The summed E-state index contributed by atoms with van der Waals surface area (Å²) in [5.41, 5.74) is 1.01. The molecule has 0 heterocycles. The van der Waals surface area contributed by atoms with E-state index in [2.05, 4.69) is 11.5 Å². The number of ether oxygens (including phenoxy) is 4. The number of hydrogen-bond acceptors (Lipinski definition) is 6. The van der Waals surface area contributed by atoms with Crippen molar-refractivity contribution in [2.24, 2.45) is 0 Å². The minimum absolute atomic E-state index is 0.280. The highest BCUT2D eigenvalue weighted by Crippen LogP contribution is 2.31. The lowest BCUT2D eigenvalue weighted by Crippen LogP contribution is -2.35. The molecule has 0 aliphatic rings. The molecule has 1 aromatic carbocycles. The molecule has 0 unspecified atom stereocenters. The summed E-state index contributed by atoms with van der Waals surface area (Å²) in [4.78, 5) is 2.16. The Balaban J connectivity index is 2.77. The first-order valence-electron chi connectivity index (χ1n) is 8.44. The Labute approximate surface area is 150 Å². The highest BCUT2D eigenvalue weighted by Gasteiger charge is 2.16. The second kappa shape index (κ2) is 12.7. The van der Waals surface area contributed by atoms with E-state index < -0.39 is 6.10 Å². The molecule has 0 saturated heterocycles. The van der Waals surface area contributed by atoms with Gasteiger partial charge in [-0.2, -0.15) is 0 Å². The molecular weight excluding hydrogens is 322 g/mol. The maximum Gasteiger partial charge on any atom is 0.165 e. The quantitative estimate of drug-likeness (QED) is 0.408. The topological polar surface area (TPSA) is 60.4 Å². The molecule has 0 fully saturated rings. The zero-order valence-electron chi connectivity index (χ0n) is 15.6. The predicted octanol–water partition coefficient (Wildman–Crippen LogP) is 2.11. The van der Waals surface area contributed by atoms with Gasteiger partial charge in [-0.05, 0) is 12.5 Å². The number of benzene rings is 1. The molecule has 25 heavy (non-hydrogen) atoms. The lowest BCUT2D eigenvalue weighted by molar-refractivity contribution is 0.0228. The SMILES string of the molecule is C=CCOC[C@H](O)CN(CCCOC)Cc1cccc(OC)c1OC. The maximum absolute atomic E-state index is 10.2. The standard InChI is InChI=1S/C19H31NO5/c1-5-11-25-15-17(21)14-20(10-7-12-22-2)13-16-8-6-9-18(23-3)19(16)24-4/h5-6,8-9,17,21H,1,7,10-15H2,2-4H3/t17-/m1/s1. The molecule has 0 bridgehead atoms. The second-order valence-electron chi connectivity index (χ2n) is 5.71. The lowest BCUT2D eigenvalue weighted by Gasteiger charge is -2.26. The van der Waals surface area contributed by atoms with Crippen molar-refractivity contribution in [3.8, 4) is 11.5 Å². The Morgan fingerprint density at radius 3 is 2.68 bits per heavy atom. The summed E-state index contributed by atoms with van der Waals surface area (Å²) in [6, 6.07) is 5.81. The predicted molar refractivity (Wildman–Crippen MR) is 98.3 cm³/mol. The van der Waals surface area contributed by atoms with Crippen LogP contribution in [0.4, 0.5) is 0 Å². The summed E-state index contributed by atoms with van der Waals surface area (Å²) in [6.07, 6.45) is 1.98.